The second kappa shape index (κ2) is 12.0. The van der Waals surface area contributed by atoms with Gasteiger partial charge in [-0.3, -0.25) is 0 Å². The van der Waals surface area contributed by atoms with Crippen molar-refractivity contribution in [3.05, 3.63) is 52.7 Å². The van der Waals surface area contributed by atoms with Crippen LogP contribution in [0.15, 0.2) is 45.6 Å². The number of rotatable bonds is 7. The van der Waals surface area contributed by atoms with E-state index in [2.05, 4.69) is 15.6 Å². The van der Waals surface area contributed by atoms with Crippen LogP contribution in [0.3, 0.4) is 0 Å². The number of aliphatic imine (C=N–C) groups is 1. The predicted octanol–water partition coefficient (Wildman–Crippen LogP) is 3.94. The van der Waals surface area contributed by atoms with E-state index in [-0.39, 0.29) is 36.3 Å². The quantitative estimate of drug-likeness (QED) is 0.303. The molecule has 0 spiro atoms. The van der Waals surface area contributed by atoms with Crippen LogP contribution in [-0.2, 0) is 23.1 Å². The zero-order chi connectivity index (χ0) is 20.7. The lowest BCUT2D eigenvalue weighted by Gasteiger charge is -2.25. The van der Waals surface area contributed by atoms with Gasteiger partial charge in [-0.05, 0) is 38.0 Å². The minimum absolute atomic E-state index is 0. The summed E-state index contributed by atoms with van der Waals surface area (Å²) in [6.07, 6.45) is 2.93. The Balaban J connectivity index is 0.00000320. The second-order valence-electron chi connectivity index (χ2n) is 6.83. The van der Waals surface area contributed by atoms with E-state index in [1.54, 1.807) is 28.6 Å². The van der Waals surface area contributed by atoms with Crippen molar-refractivity contribution in [2.24, 2.45) is 4.99 Å². The van der Waals surface area contributed by atoms with Gasteiger partial charge in [0.15, 0.2) is 5.96 Å². The van der Waals surface area contributed by atoms with Crippen molar-refractivity contribution in [2.75, 3.05) is 19.6 Å². The van der Waals surface area contributed by atoms with Crippen LogP contribution in [0, 0.1) is 5.82 Å². The Morgan fingerprint density at radius 1 is 1.13 bits per heavy atom. The molecule has 1 saturated heterocycles. The van der Waals surface area contributed by atoms with E-state index in [1.165, 1.54) is 17.4 Å². The Morgan fingerprint density at radius 3 is 2.57 bits per heavy atom. The fourth-order valence-electron chi connectivity index (χ4n) is 3.13. The number of nitrogens with one attached hydrogen (secondary N) is 2. The number of benzene rings is 1. The van der Waals surface area contributed by atoms with E-state index in [9.17, 15) is 12.8 Å². The maximum absolute atomic E-state index is 13.8. The highest BCUT2D eigenvalue weighted by molar-refractivity contribution is 14.0. The first-order valence-electron chi connectivity index (χ1n) is 9.85. The van der Waals surface area contributed by atoms with Crippen LogP contribution in [0.25, 0.3) is 0 Å². The maximum atomic E-state index is 13.8. The van der Waals surface area contributed by atoms with Crippen molar-refractivity contribution in [2.45, 2.75) is 43.5 Å². The third kappa shape index (κ3) is 6.63. The van der Waals surface area contributed by atoms with Gasteiger partial charge in [-0.25, -0.2) is 17.8 Å². The number of nitrogens with zero attached hydrogens (tertiary/aromatic N) is 2. The summed E-state index contributed by atoms with van der Waals surface area (Å²) in [7, 11) is -3.40. The van der Waals surface area contributed by atoms with Gasteiger partial charge >= 0.3 is 0 Å². The standard InChI is InChI=1S/C20H27FN4O2S2.HI/c1-2-22-20(23-14-16-8-4-5-9-18(16)21)24-15-17-10-11-19(28-17)29(26,27)25-12-6-3-7-13-25;/h4-5,8-11H,2-3,6-7,12-15H2,1H3,(H2,22,23,24);1H. The summed E-state index contributed by atoms with van der Waals surface area (Å²) in [6.45, 7) is 4.49. The lowest BCUT2D eigenvalue weighted by molar-refractivity contribution is 0.347. The molecule has 0 aliphatic carbocycles. The second-order valence-corrected chi connectivity index (χ2v) is 10.2. The topological polar surface area (TPSA) is 73.8 Å². The monoisotopic (exact) mass is 566 g/mol. The van der Waals surface area contributed by atoms with Crippen LogP contribution < -0.4 is 10.6 Å². The zero-order valence-corrected chi connectivity index (χ0v) is 20.9. The van der Waals surface area contributed by atoms with Crippen molar-refractivity contribution in [3.63, 3.8) is 0 Å². The molecule has 2 heterocycles. The number of hydrogen-bond acceptors (Lipinski definition) is 4. The van der Waals surface area contributed by atoms with Crippen LogP contribution in [0.1, 0.15) is 36.6 Å². The first kappa shape index (κ1) is 25.0. The van der Waals surface area contributed by atoms with Crippen molar-refractivity contribution >= 4 is 51.3 Å². The lowest BCUT2D eigenvalue weighted by Crippen LogP contribution is -2.36. The van der Waals surface area contributed by atoms with Crippen molar-refractivity contribution in [1.29, 1.82) is 0 Å². The van der Waals surface area contributed by atoms with Gasteiger partial charge in [-0.15, -0.1) is 35.3 Å². The number of halogens is 2. The van der Waals surface area contributed by atoms with Crippen LogP contribution in [0.2, 0.25) is 0 Å². The number of sulfonamides is 1. The van der Waals surface area contributed by atoms with Gasteiger partial charge in [-0.1, -0.05) is 24.6 Å². The predicted molar refractivity (Wildman–Crippen MR) is 130 cm³/mol. The fourth-order valence-corrected chi connectivity index (χ4v) is 6.09. The van der Waals surface area contributed by atoms with Crippen LogP contribution in [-0.4, -0.2) is 38.3 Å². The number of piperidine rings is 1. The Bertz CT molecular complexity index is 944. The van der Waals surface area contributed by atoms with Gasteiger partial charge in [-0.2, -0.15) is 4.31 Å². The SMILES string of the molecule is CCNC(=NCc1ccccc1F)NCc1ccc(S(=O)(=O)N2CCCCC2)s1.I. The molecule has 0 unspecified atom stereocenters. The Hall–Kier alpha value is -1.24. The number of guanidine groups is 1. The molecule has 166 valence electrons. The molecule has 0 saturated carbocycles. The van der Waals surface area contributed by atoms with Crippen molar-refractivity contribution < 1.29 is 12.8 Å². The molecule has 1 aromatic carbocycles. The Morgan fingerprint density at radius 2 is 1.87 bits per heavy atom. The molecule has 1 aromatic heterocycles. The van der Waals surface area contributed by atoms with Gasteiger partial charge in [0, 0.05) is 30.1 Å². The third-order valence-corrected chi connectivity index (χ3v) is 8.14. The van der Waals surface area contributed by atoms with Gasteiger partial charge in [0.2, 0.25) is 0 Å². The average Bonchev–Trinajstić information content (AvgIpc) is 3.22. The highest BCUT2D eigenvalue weighted by atomic mass is 127. The van der Waals surface area contributed by atoms with Crippen LogP contribution >= 0.6 is 35.3 Å². The Kier molecular flexibility index (Phi) is 9.98. The molecule has 0 atom stereocenters. The van der Waals surface area contributed by atoms with Crippen LogP contribution in [0.4, 0.5) is 4.39 Å². The molecule has 0 bridgehead atoms. The summed E-state index contributed by atoms with van der Waals surface area (Å²) in [5.74, 6) is 0.280. The van der Waals surface area contributed by atoms with Gasteiger partial charge in [0.05, 0.1) is 13.1 Å². The highest BCUT2D eigenvalue weighted by Gasteiger charge is 2.27. The molecule has 30 heavy (non-hydrogen) atoms. The van der Waals surface area contributed by atoms with E-state index in [0.717, 1.165) is 24.1 Å². The molecule has 2 N–H and O–H groups in total. The first-order valence-corrected chi connectivity index (χ1v) is 12.1. The zero-order valence-electron chi connectivity index (χ0n) is 16.9. The largest absolute Gasteiger partial charge is 0.357 e. The van der Waals surface area contributed by atoms with E-state index < -0.39 is 10.0 Å². The van der Waals surface area contributed by atoms with Crippen molar-refractivity contribution in [3.8, 4) is 0 Å². The normalized spacial score (nSPS) is 15.5. The first-order chi connectivity index (χ1) is 14.0. The summed E-state index contributed by atoms with van der Waals surface area (Å²) >= 11 is 1.28. The number of thiophene rings is 1. The minimum Gasteiger partial charge on any atom is -0.357 e. The van der Waals surface area contributed by atoms with Crippen LogP contribution in [0.5, 0.6) is 0 Å². The van der Waals surface area contributed by atoms with Crippen molar-refractivity contribution in [1.82, 2.24) is 14.9 Å². The minimum atomic E-state index is -3.40. The fraction of sp³-hybridized carbons (Fsp3) is 0.450. The lowest BCUT2D eigenvalue weighted by atomic mass is 10.2. The molecular weight excluding hydrogens is 538 g/mol. The molecular formula is C20H28FIN4O2S2. The average molecular weight is 567 g/mol. The van der Waals surface area contributed by atoms with Gasteiger partial charge < -0.3 is 10.6 Å². The molecule has 0 amide bonds. The van der Waals surface area contributed by atoms with Gasteiger partial charge in [0.25, 0.3) is 10.0 Å². The Labute approximate surface area is 199 Å². The summed E-state index contributed by atoms with van der Waals surface area (Å²) in [5, 5.41) is 6.32. The van der Waals surface area contributed by atoms with Gasteiger partial charge in [0.1, 0.15) is 10.0 Å². The molecule has 2 aromatic rings. The van der Waals surface area contributed by atoms with E-state index in [1.807, 2.05) is 13.0 Å². The smallest absolute Gasteiger partial charge is 0.252 e. The maximum Gasteiger partial charge on any atom is 0.252 e. The summed E-state index contributed by atoms with van der Waals surface area (Å²) in [5.41, 5.74) is 0.524. The number of hydrogen-bond donors (Lipinski definition) is 2. The molecule has 1 aliphatic rings. The molecule has 1 fully saturated rings. The molecule has 0 radical (unpaired) electrons. The van der Waals surface area contributed by atoms with E-state index in [4.69, 9.17) is 0 Å². The van der Waals surface area contributed by atoms with E-state index >= 15 is 0 Å². The highest BCUT2D eigenvalue weighted by Crippen LogP contribution is 2.27. The summed E-state index contributed by atoms with van der Waals surface area (Å²) < 4.78 is 41.3. The summed E-state index contributed by atoms with van der Waals surface area (Å²) in [6, 6.07) is 10.1. The molecule has 3 rings (SSSR count). The molecule has 6 nitrogen and oxygen atoms in total. The van der Waals surface area contributed by atoms with E-state index in [0.29, 0.717) is 41.9 Å². The summed E-state index contributed by atoms with van der Waals surface area (Å²) in [4.78, 5) is 5.32. The molecule has 1 aliphatic heterocycles. The molecule has 10 heteroatoms. The third-order valence-electron chi connectivity index (χ3n) is 4.69.